The smallest absolute Gasteiger partial charge is 0.232 e. The maximum Gasteiger partial charge on any atom is 0.232 e. The van der Waals surface area contributed by atoms with Crippen molar-refractivity contribution in [1.29, 1.82) is 0 Å². The SMILES string of the molecule is CCCNC(=O)C(C)SC(c1ccccc1)c1ccccc1. The molecule has 0 saturated carbocycles. The Labute approximate surface area is 137 Å². The molecule has 1 amide bonds. The Kier molecular flexibility index (Phi) is 6.53. The highest BCUT2D eigenvalue weighted by molar-refractivity contribution is 8.01. The Morgan fingerprint density at radius 3 is 1.95 bits per heavy atom. The molecule has 0 radical (unpaired) electrons. The van der Waals surface area contributed by atoms with Gasteiger partial charge in [-0.1, -0.05) is 67.6 Å². The largest absolute Gasteiger partial charge is 0.355 e. The number of hydrogen-bond donors (Lipinski definition) is 1. The molecule has 0 aromatic heterocycles. The van der Waals surface area contributed by atoms with Crippen LogP contribution in [0.4, 0.5) is 0 Å². The van der Waals surface area contributed by atoms with Crippen molar-refractivity contribution in [2.75, 3.05) is 6.54 Å². The highest BCUT2D eigenvalue weighted by atomic mass is 32.2. The zero-order chi connectivity index (χ0) is 15.8. The lowest BCUT2D eigenvalue weighted by Crippen LogP contribution is -2.31. The number of carbonyl (C=O) groups excluding carboxylic acids is 1. The Morgan fingerprint density at radius 2 is 1.50 bits per heavy atom. The van der Waals surface area contributed by atoms with E-state index in [1.807, 2.05) is 43.3 Å². The van der Waals surface area contributed by atoms with Crippen LogP contribution in [0.1, 0.15) is 36.6 Å². The van der Waals surface area contributed by atoms with Gasteiger partial charge in [-0.25, -0.2) is 0 Å². The van der Waals surface area contributed by atoms with Gasteiger partial charge < -0.3 is 5.32 Å². The Balaban J connectivity index is 2.17. The first-order valence-corrected chi connectivity index (χ1v) is 8.69. The molecule has 1 N–H and O–H groups in total. The standard InChI is InChI=1S/C19H23NOS/c1-3-14-20-19(21)15(2)22-18(16-10-6-4-7-11-16)17-12-8-5-9-13-17/h4-13,15,18H,3,14H2,1-2H3,(H,20,21). The fourth-order valence-corrected chi connectivity index (χ4v) is 3.51. The number of nitrogens with one attached hydrogen (secondary N) is 1. The molecule has 0 heterocycles. The van der Waals surface area contributed by atoms with Crippen molar-refractivity contribution in [3.05, 3.63) is 71.8 Å². The number of hydrogen-bond acceptors (Lipinski definition) is 2. The summed E-state index contributed by atoms with van der Waals surface area (Å²) in [7, 11) is 0. The lowest BCUT2D eigenvalue weighted by atomic mass is 10.0. The zero-order valence-electron chi connectivity index (χ0n) is 13.2. The van der Waals surface area contributed by atoms with Crippen molar-refractivity contribution in [2.45, 2.75) is 30.8 Å². The fourth-order valence-electron chi connectivity index (χ4n) is 2.26. The van der Waals surface area contributed by atoms with Crippen LogP contribution in [0.25, 0.3) is 0 Å². The molecule has 0 bridgehead atoms. The maximum absolute atomic E-state index is 12.2. The highest BCUT2D eigenvalue weighted by Gasteiger charge is 2.21. The minimum Gasteiger partial charge on any atom is -0.355 e. The molecule has 0 spiro atoms. The minimum atomic E-state index is -0.0861. The van der Waals surface area contributed by atoms with Crippen molar-refractivity contribution >= 4 is 17.7 Å². The summed E-state index contributed by atoms with van der Waals surface area (Å²) < 4.78 is 0. The van der Waals surface area contributed by atoms with Crippen LogP contribution in [0.5, 0.6) is 0 Å². The number of carbonyl (C=O) groups is 1. The van der Waals surface area contributed by atoms with Crippen LogP contribution in [0.15, 0.2) is 60.7 Å². The van der Waals surface area contributed by atoms with Crippen LogP contribution in [0, 0.1) is 0 Å². The second kappa shape index (κ2) is 8.64. The van der Waals surface area contributed by atoms with Gasteiger partial charge in [0.15, 0.2) is 0 Å². The molecule has 1 unspecified atom stereocenters. The zero-order valence-corrected chi connectivity index (χ0v) is 14.0. The van der Waals surface area contributed by atoms with Gasteiger partial charge in [0.25, 0.3) is 0 Å². The predicted octanol–water partition coefficient (Wildman–Crippen LogP) is 4.42. The average Bonchev–Trinajstić information content (AvgIpc) is 2.58. The van der Waals surface area contributed by atoms with Crippen molar-refractivity contribution in [3.8, 4) is 0 Å². The van der Waals surface area contributed by atoms with Crippen LogP contribution in [0.2, 0.25) is 0 Å². The second-order valence-electron chi connectivity index (χ2n) is 5.27. The third-order valence-corrected chi connectivity index (χ3v) is 4.90. The van der Waals surface area contributed by atoms with Crippen molar-refractivity contribution < 1.29 is 4.79 Å². The summed E-state index contributed by atoms with van der Waals surface area (Å²) in [6.07, 6.45) is 0.962. The molecule has 0 saturated heterocycles. The quantitative estimate of drug-likeness (QED) is 0.819. The Morgan fingerprint density at radius 1 is 1.00 bits per heavy atom. The van der Waals surface area contributed by atoms with E-state index in [4.69, 9.17) is 0 Å². The summed E-state index contributed by atoms with van der Waals surface area (Å²) in [5.74, 6) is 0.115. The lowest BCUT2D eigenvalue weighted by Gasteiger charge is -2.21. The Bertz CT molecular complexity index is 531. The molecule has 0 aliphatic rings. The van der Waals surface area contributed by atoms with E-state index in [1.165, 1.54) is 11.1 Å². The summed E-state index contributed by atoms with van der Waals surface area (Å²) >= 11 is 1.70. The fraction of sp³-hybridized carbons (Fsp3) is 0.316. The minimum absolute atomic E-state index is 0.0861. The topological polar surface area (TPSA) is 29.1 Å². The van der Waals surface area contributed by atoms with Crippen molar-refractivity contribution in [1.82, 2.24) is 5.32 Å². The van der Waals surface area contributed by atoms with Gasteiger partial charge in [0.05, 0.1) is 10.5 Å². The van der Waals surface area contributed by atoms with Gasteiger partial charge in [-0.15, -0.1) is 11.8 Å². The first-order valence-electron chi connectivity index (χ1n) is 7.75. The Hall–Kier alpha value is -1.74. The highest BCUT2D eigenvalue weighted by Crippen LogP contribution is 2.38. The molecule has 116 valence electrons. The predicted molar refractivity (Wildman–Crippen MR) is 95.1 cm³/mol. The van der Waals surface area contributed by atoms with E-state index in [-0.39, 0.29) is 16.4 Å². The van der Waals surface area contributed by atoms with E-state index in [0.29, 0.717) is 0 Å². The maximum atomic E-state index is 12.2. The summed E-state index contributed by atoms with van der Waals surface area (Å²) in [6.45, 7) is 4.79. The molecule has 0 fully saturated rings. The molecule has 0 aliphatic carbocycles. The van der Waals surface area contributed by atoms with Crippen molar-refractivity contribution in [3.63, 3.8) is 0 Å². The third kappa shape index (κ3) is 4.63. The van der Waals surface area contributed by atoms with Gasteiger partial charge in [0.1, 0.15) is 0 Å². The van der Waals surface area contributed by atoms with Gasteiger partial charge in [0.2, 0.25) is 5.91 Å². The molecule has 2 rings (SSSR count). The van der Waals surface area contributed by atoms with Crippen LogP contribution in [0.3, 0.4) is 0 Å². The first-order chi connectivity index (χ1) is 10.7. The molecule has 2 aromatic carbocycles. The number of amides is 1. The van der Waals surface area contributed by atoms with E-state index in [1.54, 1.807) is 11.8 Å². The molecule has 22 heavy (non-hydrogen) atoms. The molecular formula is C19H23NOS. The molecule has 2 aromatic rings. The molecule has 0 aliphatic heterocycles. The van der Waals surface area contributed by atoms with E-state index in [0.717, 1.165) is 13.0 Å². The van der Waals surface area contributed by atoms with E-state index < -0.39 is 0 Å². The molecule has 1 atom stereocenters. The van der Waals surface area contributed by atoms with Gasteiger partial charge in [-0.2, -0.15) is 0 Å². The summed E-state index contributed by atoms with van der Waals surface area (Å²) in [4.78, 5) is 12.2. The third-order valence-electron chi connectivity index (χ3n) is 3.46. The van der Waals surface area contributed by atoms with Crippen LogP contribution in [-0.4, -0.2) is 17.7 Å². The van der Waals surface area contributed by atoms with Gasteiger partial charge in [-0.3, -0.25) is 4.79 Å². The second-order valence-corrected chi connectivity index (χ2v) is 6.72. The number of benzene rings is 2. The van der Waals surface area contributed by atoms with Gasteiger partial charge in [-0.05, 0) is 24.5 Å². The number of rotatable bonds is 7. The van der Waals surface area contributed by atoms with Crippen LogP contribution >= 0.6 is 11.8 Å². The molecule has 3 heteroatoms. The van der Waals surface area contributed by atoms with Crippen LogP contribution < -0.4 is 5.32 Å². The average molecular weight is 313 g/mol. The van der Waals surface area contributed by atoms with E-state index in [2.05, 4.69) is 36.5 Å². The molecule has 2 nitrogen and oxygen atoms in total. The first kappa shape index (κ1) is 16.6. The van der Waals surface area contributed by atoms with E-state index in [9.17, 15) is 4.79 Å². The van der Waals surface area contributed by atoms with Crippen molar-refractivity contribution in [2.24, 2.45) is 0 Å². The number of thioether (sulfide) groups is 1. The normalized spacial score (nSPS) is 12.1. The summed E-state index contributed by atoms with van der Waals surface area (Å²) in [6, 6.07) is 20.7. The summed E-state index contributed by atoms with van der Waals surface area (Å²) in [5, 5.41) is 3.07. The lowest BCUT2D eigenvalue weighted by molar-refractivity contribution is -0.120. The summed E-state index contributed by atoms with van der Waals surface area (Å²) in [5.41, 5.74) is 2.46. The van der Waals surface area contributed by atoms with E-state index >= 15 is 0 Å². The van der Waals surface area contributed by atoms with Gasteiger partial charge in [0, 0.05) is 6.54 Å². The van der Waals surface area contributed by atoms with Gasteiger partial charge >= 0.3 is 0 Å². The van der Waals surface area contributed by atoms with Crippen LogP contribution in [-0.2, 0) is 4.79 Å². The molecular weight excluding hydrogens is 290 g/mol. The monoisotopic (exact) mass is 313 g/mol.